The van der Waals surface area contributed by atoms with Gasteiger partial charge >= 0.3 is 0 Å². The first kappa shape index (κ1) is 8.89. The summed E-state index contributed by atoms with van der Waals surface area (Å²) >= 11 is 0. The van der Waals surface area contributed by atoms with Gasteiger partial charge in [0.15, 0.2) is 0 Å². The van der Waals surface area contributed by atoms with Crippen LogP contribution in [0, 0.1) is 23.7 Å². The van der Waals surface area contributed by atoms with Gasteiger partial charge < -0.3 is 0 Å². The normalized spacial score (nSPS) is 41.1. The molecule has 1 N–H and O–H groups in total. The molecule has 0 radical (unpaired) electrons. The molecule has 0 aromatic heterocycles. The van der Waals surface area contributed by atoms with Crippen molar-refractivity contribution in [3.63, 3.8) is 0 Å². The van der Waals surface area contributed by atoms with Crippen LogP contribution in [0.1, 0.15) is 13.8 Å². The summed E-state index contributed by atoms with van der Waals surface area (Å²) in [7, 11) is 0. The Hall–Kier alpha value is -1.38. The molecule has 2 bridgehead atoms. The van der Waals surface area contributed by atoms with Crippen molar-refractivity contribution in [3.05, 3.63) is 23.3 Å². The van der Waals surface area contributed by atoms with Crippen LogP contribution in [0.5, 0.6) is 0 Å². The summed E-state index contributed by atoms with van der Waals surface area (Å²) in [6.45, 7) is 4.12. The number of allylic oxidation sites excluding steroid dienone is 4. The molecular formula is C12H13NO2. The van der Waals surface area contributed by atoms with Crippen LogP contribution in [0.15, 0.2) is 23.3 Å². The highest BCUT2D eigenvalue weighted by atomic mass is 16.2. The molecule has 0 unspecified atom stereocenters. The van der Waals surface area contributed by atoms with E-state index in [-0.39, 0.29) is 35.5 Å². The summed E-state index contributed by atoms with van der Waals surface area (Å²) in [5.41, 5.74) is 2.55. The zero-order chi connectivity index (χ0) is 10.7. The molecule has 2 aliphatic carbocycles. The SMILES string of the molecule is CC(C)=C1[C@H]2C=C[C@@H]1[C@H]1C(=O)NC(=O)[C@H]12. The largest absolute Gasteiger partial charge is 0.296 e. The second kappa shape index (κ2) is 2.60. The number of amides is 2. The Morgan fingerprint density at radius 3 is 1.93 bits per heavy atom. The Kier molecular flexibility index (Phi) is 1.54. The van der Waals surface area contributed by atoms with Crippen molar-refractivity contribution in [2.45, 2.75) is 13.8 Å². The molecule has 4 atom stereocenters. The van der Waals surface area contributed by atoms with E-state index < -0.39 is 0 Å². The van der Waals surface area contributed by atoms with Gasteiger partial charge in [-0.2, -0.15) is 0 Å². The number of carbonyl (C=O) groups excluding carboxylic acids is 2. The molecule has 1 saturated heterocycles. The van der Waals surface area contributed by atoms with Crippen molar-refractivity contribution in [1.82, 2.24) is 5.32 Å². The lowest BCUT2D eigenvalue weighted by atomic mass is 9.85. The second-order valence-electron chi connectivity index (χ2n) is 4.80. The van der Waals surface area contributed by atoms with Gasteiger partial charge in [-0.05, 0) is 13.8 Å². The summed E-state index contributed by atoms with van der Waals surface area (Å²) in [5.74, 6) is -0.0658. The van der Waals surface area contributed by atoms with E-state index in [1.807, 2.05) is 0 Å². The Bertz CT molecular complexity index is 397. The number of imide groups is 1. The zero-order valence-electron chi connectivity index (χ0n) is 8.78. The fourth-order valence-corrected chi connectivity index (χ4v) is 3.35. The van der Waals surface area contributed by atoms with Crippen LogP contribution >= 0.6 is 0 Å². The van der Waals surface area contributed by atoms with Gasteiger partial charge in [0.05, 0.1) is 11.8 Å². The molecule has 0 spiro atoms. The van der Waals surface area contributed by atoms with Crippen LogP contribution in [0.4, 0.5) is 0 Å². The van der Waals surface area contributed by atoms with Crippen molar-refractivity contribution in [2.75, 3.05) is 0 Å². The highest BCUT2D eigenvalue weighted by Gasteiger charge is 2.58. The molecule has 78 valence electrons. The van der Waals surface area contributed by atoms with Crippen LogP contribution in [0.3, 0.4) is 0 Å². The van der Waals surface area contributed by atoms with Crippen LogP contribution in [-0.4, -0.2) is 11.8 Å². The summed E-state index contributed by atoms with van der Waals surface area (Å²) in [6, 6.07) is 0. The van der Waals surface area contributed by atoms with E-state index in [1.165, 1.54) is 11.1 Å². The van der Waals surface area contributed by atoms with Crippen molar-refractivity contribution in [3.8, 4) is 0 Å². The second-order valence-corrected chi connectivity index (χ2v) is 4.80. The summed E-state index contributed by atoms with van der Waals surface area (Å²) < 4.78 is 0. The lowest BCUT2D eigenvalue weighted by Crippen LogP contribution is -2.26. The molecule has 0 aromatic carbocycles. The van der Waals surface area contributed by atoms with Crippen LogP contribution in [-0.2, 0) is 9.59 Å². The maximum Gasteiger partial charge on any atom is 0.231 e. The lowest BCUT2D eigenvalue weighted by Gasteiger charge is -2.13. The lowest BCUT2D eigenvalue weighted by molar-refractivity contribution is -0.126. The molecule has 0 aromatic rings. The van der Waals surface area contributed by atoms with Crippen molar-refractivity contribution in [2.24, 2.45) is 23.7 Å². The molecule has 1 heterocycles. The summed E-state index contributed by atoms with van der Waals surface area (Å²) in [4.78, 5) is 23.3. The van der Waals surface area contributed by atoms with E-state index in [4.69, 9.17) is 0 Å². The van der Waals surface area contributed by atoms with Crippen LogP contribution in [0.25, 0.3) is 0 Å². The Morgan fingerprint density at radius 1 is 1.07 bits per heavy atom. The van der Waals surface area contributed by atoms with Crippen molar-refractivity contribution < 1.29 is 9.59 Å². The third-order valence-corrected chi connectivity index (χ3v) is 3.83. The Morgan fingerprint density at radius 2 is 1.53 bits per heavy atom. The third kappa shape index (κ3) is 0.907. The molecule has 1 saturated carbocycles. The average Bonchev–Trinajstić information content (AvgIpc) is 2.77. The topological polar surface area (TPSA) is 46.2 Å². The molecule has 3 rings (SSSR count). The quantitative estimate of drug-likeness (QED) is 0.472. The number of nitrogens with one attached hydrogen (secondary N) is 1. The molecule has 2 fully saturated rings. The first-order valence-corrected chi connectivity index (χ1v) is 5.31. The van der Waals surface area contributed by atoms with Crippen molar-refractivity contribution >= 4 is 11.8 Å². The number of rotatable bonds is 0. The smallest absolute Gasteiger partial charge is 0.231 e. The Balaban J connectivity index is 2.13. The van der Waals surface area contributed by atoms with Gasteiger partial charge in [-0.25, -0.2) is 0 Å². The van der Waals surface area contributed by atoms with Crippen LogP contribution < -0.4 is 5.32 Å². The first-order valence-electron chi connectivity index (χ1n) is 5.31. The minimum atomic E-state index is -0.127. The minimum Gasteiger partial charge on any atom is -0.296 e. The van der Waals surface area contributed by atoms with E-state index >= 15 is 0 Å². The summed E-state index contributed by atoms with van der Waals surface area (Å²) in [6.07, 6.45) is 4.18. The van der Waals surface area contributed by atoms with Crippen molar-refractivity contribution in [1.29, 1.82) is 0 Å². The zero-order valence-corrected chi connectivity index (χ0v) is 8.78. The molecule has 3 heteroatoms. The van der Waals surface area contributed by atoms with Gasteiger partial charge in [0.25, 0.3) is 0 Å². The van der Waals surface area contributed by atoms with Gasteiger partial charge in [0.1, 0.15) is 0 Å². The molecule has 2 amide bonds. The van der Waals surface area contributed by atoms with E-state index in [1.54, 1.807) is 0 Å². The number of hydrogen-bond acceptors (Lipinski definition) is 2. The van der Waals surface area contributed by atoms with E-state index in [9.17, 15) is 9.59 Å². The highest BCUT2D eigenvalue weighted by Crippen LogP contribution is 2.54. The minimum absolute atomic E-state index is 0.0828. The number of fused-ring (bicyclic) bond motifs is 5. The predicted octanol–water partition coefficient (Wildman–Crippen LogP) is 1.03. The fourth-order valence-electron chi connectivity index (χ4n) is 3.35. The van der Waals surface area contributed by atoms with E-state index in [0.717, 1.165) is 0 Å². The number of hydrogen-bond donors (Lipinski definition) is 1. The molecule has 1 aliphatic heterocycles. The molecular weight excluding hydrogens is 190 g/mol. The van der Waals surface area contributed by atoms with E-state index in [2.05, 4.69) is 31.3 Å². The van der Waals surface area contributed by atoms with E-state index in [0.29, 0.717) is 0 Å². The third-order valence-electron chi connectivity index (χ3n) is 3.83. The van der Waals surface area contributed by atoms with Gasteiger partial charge in [0, 0.05) is 11.8 Å². The Labute approximate surface area is 88.2 Å². The highest BCUT2D eigenvalue weighted by molar-refractivity contribution is 6.07. The predicted molar refractivity (Wildman–Crippen MR) is 54.6 cm³/mol. The average molecular weight is 203 g/mol. The van der Waals surface area contributed by atoms with Gasteiger partial charge in [0.2, 0.25) is 11.8 Å². The van der Waals surface area contributed by atoms with Gasteiger partial charge in [-0.3, -0.25) is 14.9 Å². The maximum atomic E-state index is 11.6. The van der Waals surface area contributed by atoms with Gasteiger partial charge in [-0.15, -0.1) is 0 Å². The fraction of sp³-hybridized carbons (Fsp3) is 0.500. The molecule has 15 heavy (non-hydrogen) atoms. The molecule has 3 nitrogen and oxygen atoms in total. The summed E-state index contributed by atoms with van der Waals surface area (Å²) in [5, 5.41) is 2.44. The standard InChI is InChI=1S/C12H13NO2/c1-5(2)8-6-3-4-7(8)10-9(6)11(14)13-12(10)15/h3-4,6-7,9-10H,1-2H3,(H,13,14,15)/t6-,7+,9+,10-. The number of carbonyl (C=O) groups is 2. The van der Waals surface area contributed by atoms with Crippen LogP contribution in [0.2, 0.25) is 0 Å². The van der Waals surface area contributed by atoms with Gasteiger partial charge in [-0.1, -0.05) is 23.3 Å². The monoisotopic (exact) mass is 203 g/mol. The molecule has 3 aliphatic rings. The maximum absolute atomic E-state index is 11.6. The first-order chi connectivity index (χ1) is 7.11.